The van der Waals surface area contributed by atoms with Crippen molar-refractivity contribution >= 4 is 22.8 Å². The SMILES string of the molecule is O=C1CC[C@]2(CCOC2)CN1CC1=CSC2=NCCN12. The molecule has 4 aliphatic heterocycles. The van der Waals surface area contributed by atoms with Crippen molar-refractivity contribution in [3.8, 4) is 0 Å². The summed E-state index contributed by atoms with van der Waals surface area (Å²) in [6.07, 6.45) is 2.76. The van der Waals surface area contributed by atoms with Crippen LogP contribution in [0.15, 0.2) is 16.1 Å². The summed E-state index contributed by atoms with van der Waals surface area (Å²) in [7, 11) is 0. The summed E-state index contributed by atoms with van der Waals surface area (Å²) >= 11 is 1.69. The van der Waals surface area contributed by atoms with E-state index in [-0.39, 0.29) is 11.3 Å². The van der Waals surface area contributed by atoms with E-state index in [1.54, 1.807) is 11.8 Å². The molecular formula is C14H19N3O2S. The maximum absolute atomic E-state index is 12.2. The van der Waals surface area contributed by atoms with Gasteiger partial charge < -0.3 is 14.5 Å². The number of fused-ring (bicyclic) bond motifs is 1. The van der Waals surface area contributed by atoms with Gasteiger partial charge in [-0.15, -0.1) is 0 Å². The number of ether oxygens (including phenoxy) is 1. The van der Waals surface area contributed by atoms with Gasteiger partial charge in [0.15, 0.2) is 5.17 Å². The van der Waals surface area contributed by atoms with Crippen LogP contribution in [-0.2, 0) is 9.53 Å². The van der Waals surface area contributed by atoms with Crippen molar-refractivity contribution in [2.75, 3.05) is 39.4 Å². The van der Waals surface area contributed by atoms with Gasteiger partial charge in [0, 0.05) is 42.6 Å². The summed E-state index contributed by atoms with van der Waals surface area (Å²) in [5, 5.41) is 3.25. The molecule has 108 valence electrons. The molecule has 6 heteroatoms. The monoisotopic (exact) mass is 293 g/mol. The minimum absolute atomic E-state index is 0.224. The van der Waals surface area contributed by atoms with Crippen LogP contribution in [0.3, 0.4) is 0 Å². The van der Waals surface area contributed by atoms with Crippen molar-refractivity contribution in [1.29, 1.82) is 0 Å². The Labute approximate surface area is 123 Å². The predicted molar refractivity (Wildman–Crippen MR) is 78.4 cm³/mol. The molecule has 0 bridgehead atoms. The molecule has 5 nitrogen and oxygen atoms in total. The molecular weight excluding hydrogens is 274 g/mol. The molecule has 4 rings (SSSR count). The van der Waals surface area contributed by atoms with Gasteiger partial charge in [-0.05, 0) is 12.8 Å². The Morgan fingerprint density at radius 2 is 2.40 bits per heavy atom. The highest BCUT2D eigenvalue weighted by molar-refractivity contribution is 8.16. The topological polar surface area (TPSA) is 45.1 Å². The number of likely N-dealkylation sites (tertiary alicyclic amines) is 1. The summed E-state index contributed by atoms with van der Waals surface area (Å²) < 4.78 is 5.57. The number of piperidine rings is 1. The lowest BCUT2D eigenvalue weighted by Crippen LogP contribution is -2.48. The molecule has 4 aliphatic rings. The third-order valence-electron chi connectivity index (χ3n) is 4.73. The molecule has 20 heavy (non-hydrogen) atoms. The smallest absolute Gasteiger partial charge is 0.222 e. The van der Waals surface area contributed by atoms with E-state index in [1.807, 2.05) is 4.90 Å². The van der Waals surface area contributed by atoms with Crippen LogP contribution in [-0.4, -0.2) is 60.3 Å². The minimum Gasteiger partial charge on any atom is -0.381 e. The van der Waals surface area contributed by atoms with Crippen LogP contribution in [0.25, 0.3) is 0 Å². The molecule has 1 amide bonds. The van der Waals surface area contributed by atoms with E-state index in [2.05, 4.69) is 15.3 Å². The summed E-state index contributed by atoms with van der Waals surface area (Å²) in [5.74, 6) is 0.290. The van der Waals surface area contributed by atoms with Gasteiger partial charge in [-0.1, -0.05) is 11.8 Å². The molecule has 1 spiro atoms. The molecule has 1 atom stereocenters. The van der Waals surface area contributed by atoms with E-state index in [1.165, 1.54) is 5.70 Å². The maximum Gasteiger partial charge on any atom is 0.222 e. The first-order valence-corrected chi connectivity index (χ1v) is 8.17. The Morgan fingerprint density at radius 1 is 1.45 bits per heavy atom. The summed E-state index contributed by atoms with van der Waals surface area (Å²) in [6.45, 7) is 5.10. The molecule has 2 saturated heterocycles. The Hall–Kier alpha value is -1.01. The Morgan fingerprint density at radius 3 is 3.25 bits per heavy atom. The van der Waals surface area contributed by atoms with Crippen molar-refractivity contribution < 1.29 is 9.53 Å². The maximum atomic E-state index is 12.2. The number of hydrogen-bond donors (Lipinski definition) is 0. The number of amides is 1. The minimum atomic E-state index is 0.224. The standard InChI is InChI=1S/C14H19N3O2S/c18-12-1-2-14(3-6-19-10-14)9-16(12)7-11-8-20-13-15-4-5-17(11)13/h8H,1-7,9-10H2/t14-/m0/s1. The average Bonchev–Trinajstić information content (AvgIpc) is 3.13. The second kappa shape index (κ2) is 4.77. The number of carbonyl (C=O) groups excluding carboxylic acids is 1. The molecule has 0 unspecified atom stereocenters. The van der Waals surface area contributed by atoms with Crippen LogP contribution >= 0.6 is 11.8 Å². The lowest BCUT2D eigenvalue weighted by molar-refractivity contribution is -0.137. The number of thioether (sulfide) groups is 1. The third-order valence-corrected chi connectivity index (χ3v) is 5.68. The molecule has 0 radical (unpaired) electrons. The fraction of sp³-hybridized carbons (Fsp3) is 0.714. The number of aliphatic imine (C=N–C) groups is 1. The van der Waals surface area contributed by atoms with E-state index in [9.17, 15) is 4.79 Å². The second-order valence-electron chi connectivity index (χ2n) is 6.10. The van der Waals surface area contributed by atoms with E-state index >= 15 is 0 Å². The van der Waals surface area contributed by atoms with Gasteiger partial charge in [0.05, 0.1) is 19.7 Å². The second-order valence-corrected chi connectivity index (χ2v) is 6.93. The third kappa shape index (κ3) is 2.05. The van der Waals surface area contributed by atoms with E-state index < -0.39 is 0 Å². The molecule has 0 aromatic rings. The highest BCUT2D eigenvalue weighted by atomic mass is 32.2. The highest BCUT2D eigenvalue weighted by Gasteiger charge is 2.42. The summed E-state index contributed by atoms with van der Waals surface area (Å²) in [4.78, 5) is 21.0. The zero-order valence-electron chi connectivity index (χ0n) is 11.5. The van der Waals surface area contributed by atoms with Crippen molar-refractivity contribution in [3.63, 3.8) is 0 Å². The summed E-state index contributed by atoms with van der Waals surface area (Å²) in [6, 6.07) is 0. The van der Waals surface area contributed by atoms with Crippen LogP contribution in [0, 0.1) is 5.41 Å². The first kappa shape index (κ1) is 12.7. The molecule has 0 aromatic heterocycles. The Kier molecular flexibility index (Phi) is 3.03. The highest BCUT2D eigenvalue weighted by Crippen LogP contribution is 2.39. The first-order chi connectivity index (χ1) is 9.76. The van der Waals surface area contributed by atoms with Gasteiger partial charge in [-0.25, -0.2) is 0 Å². The molecule has 0 aromatic carbocycles. The van der Waals surface area contributed by atoms with Crippen molar-refractivity contribution in [2.24, 2.45) is 10.4 Å². The molecule has 4 heterocycles. The van der Waals surface area contributed by atoms with Gasteiger partial charge in [0.2, 0.25) is 5.91 Å². The lowest BCUT2D eigenvalue weighted by atomic mass is 9.79. The number of rotatable bonds is 2. The van der Waals surface area contributed by atoms with E-state index in [0.29, 0.717) is 6.42 Å². The fourth-order valence-corrected chi connectivity index (χ4v) is 4.46. The van der Waals surface area contributed by atoms with Gasteiger partial charge >= 0.3 is 0 Å². The van der Waals surface area contributed by atoms with E-state index in [4.69, 9.17) is 4.74 Å². The van der Waals surface area contributed by atoms with Gasteiger partial charge in [0.25, 0.3) is 0 Å². The van der Waals surface area contributed by atoms with Gasteiger partial charge in [0.1, 0.15) is 0 Å². The van der Waals surface area contributed by atoms with Crippen LogP contribution < -0.4 is 0 Å². The van der Waals surface area contributed by atoms with Crippen molar-refractivity contribution in [2.45, 2.75) is 19.3 Å². The quantitative estimate of drug-likeness (QED) is 0.769. The molecule has 2 fully saturated rings. The number of carbonyl (C=O) groups is 1. The zero-order chi connectivity index (χ0) is 13.6. The summed E-state index contributed by atoms with van der Waals surface area (Å²) in [5.41, 5.74) is 1.46. The Balaban J connectivity index is 1.47. The van der Waals surface area contributed by atoms with Gasteiger partial charge in [-0.3, -0.25) is 9.79 Å². The molecule has 0 aliphatic carbocycles. The molecule has 0 saturated carbocycles. The van der Waals surface area contributed by atoms with Gasteiger partial charge in [-0.2, -0.15) is 0 Å². The van der Waals surface area contributed by atoms with Crippen molar-refractivity contribution in [3.05, 3.63) is 11.1 Å². The first-order valence-electron chi connectivity index (χ1n) is 7.29. The van der Waals surface area contributed by atoms with E-state index in [0.717, 1.165) is 57.4 Å². The number of hydrogen-bond acceptors (Lipinski definition) is 5. The van der Waals surface area contributed by atoms with Crippen LogP contribution in [0.5, 0.6) is 0 Å². The largest absolute Gasteiger partial charge is 0.381 e. The van der Waals surface area contributed by atoms with Crippen molar-refractivity contribution in [1.82, 2.24) is 9.80 Å². The fourth-order valence-electron chi connectivity index (χ4n) is 3.51. The average molecular weight is 293 g/mol. The van der Waals surface area contributed by atoms with Crippen LogP contribution in [0.2, 0.25) is 0 Å². The molecule has 0 N–H and O–H groups in total. The number of amidine groups is 1. The lowest BCUT2D eigenvalue weighted by Gasteiger charge is -2.39. The normalized spacial score (nSPS) is 32.9. The van der Waals surface area contributed by atoms with Crippen LogP contribution in [0.4, 0.5) is 0 Å². The van der Waals surface area contributed by atoms with Crippen LogP contribution in [0.1, 0.15) is 19.3 Å². The number of nitrogens with zero attached hydrogens (tertiary/aromatic N) is 3. The zero-order valence-corrected chi connectivity index (χ0v) is 12.3. The Bertz CT molecular complexity index is 497. The predicted octanol–water partition coefficient (Wildman–Crippen LogP) is 1.28.